The van der Waals surface area contributed by atoms with E-state index in [-0.39, 0.29) is 0 Å². The van der Waals surface area contributed by atoms with Crippen LogP contribution in [0.5, 0.6) is 0 Å². The maximum absolute atomic E-state index is 5.63. The third-order valence-corrected chi connectivity index (χ3v) is 2.25. The molecule has 0 atom stereocenters. The molecule has 0 bridgehead atoms. The minimum Gasteiger partial charge on any atom is -0.378 e. The van der Waals surface area contributed by atoms with Crippen molar-refractivity contribution in [3.8, 4) is 0 Å². The average Bonchev–Trinajstić information content (AvgIpc) is 2.19. The Balaban J connectivity index is 2.83. The van der Waals surface area contributed by atoms with Crippen molar-refractivity contribution in [2.75, 3.05) is 13.3 Å². The highest BCUT2D eigenvalue weighted by Gasteiger charge is 1.94. The van der Waals surface area contributed by atoms with E-state index in [0.717, 1.165) is 12.2 Å². The fourth-order valence-electron chi connectivity index (χ4n) is 1.11. The van der Waals surface area contributed by atoms with Crippen molar-refractivity contribution in [3.05, 3.63) is 29.8 Å². The second kappa shape index (κ2) is 5.67. The van der Waals surface area contributed by atoms with Gasteiger partial charge in [0.15, 0.2) is 5.17 Å². The van der Waals surface area contributed by atoms with E-state index in [0.29, 0.717) is 5.17 Å². The number of hydrogen-bond acceptors (Lipinski definition) is 3. The van der Waals surface area contributed by atoms with E-state index in [4.69, 9.17) is 5.73 Å². The van der Waals surface area contributed by atoms with E-state index < -0.39 is 0 Å². The van der Waals surface area contributed by atoms with Crippen LogP contribution >= 0.6 is 11.8 Å². The molecule has 76 valence electrons. The zero-order valence-corrected chi connectivity index (χ0v) is 9.27. The van der Waals surface area contributed by atoms with E-state index in [1.807, 2.05) is 31.5 Å². The van der Waals surface area contributed by atoms with Gasteiger partial charge >= 0.3 is 0 Å². The van der Waals surface area contributed by atoms with Crippen molar-refractivity contribution < 1.29 is 0 Å². The molecule has 0 heterocycles. The van der Waals surface area contributed by atoms with Gasteiger partial charge in [0.1, 0.15) is 0 Å². The molecule has 0 spiro atoms. The highest BCUT2D eigenvalue weighted by Crippen LogP contribution is 2.15. The first-order valence-corrected chi connectivity index (χ1v) is 5.60. The summed E-state index contributed by atoms with van der Waals surface area (Å²) in [6.45, 7) is 0.850. The molecule has 1 rings (SSSR count). The fourth-order valence-corrected chi connectivity index (χ4v) is 1.31. The Morgan fingerprint density at radius 1 is 1.57 bits per heavy atom. The summed E-state index contributed by atoms with van der Waals surface area (Å²) >= 11 is 1.45. The molecule has 0 aliphatic rings. The van der Waals surface area contributed by atoms with Crippen LogP contribution in [0.4, 0.5) is 5.69 Å². The van der Waals surface area contributed by atoms with Gasteiger partial charge in [-0.25, -0.2) is 4.99 Å². The van der Waals surface area contributed by atoms with Crippen LogP contribution in [0.15, 0.2) is 29.3 Å². The van der Waals surface area contributed by atoms with E-state index in [1.165, 1.54) is 17.3 Å². The lowest BCUT2D eigenvalue weighted by molar-refractivity contribution is 0.818. The van der Waals surface area contributed by atoms with Gasteiger partial charge in [-0.3, -0.25) is 0 Å². The van der Waals surface area contributed by atoms with Gasteiger partial charge in [-0.2, -0.15) is 0 Å². The Hall–Kier alpha value is -1.00. The third-order valence-electron chi connectivity index (χ3n) is 1.74. The summed E-state index contributed by atoms with van der Waals surface area (Å²) in [5.74, 6) is 0. The lowest BCUT2D eigenvalue weighted by Gasteiger charge is -2.01. The number of rotatable bonds is 3. The Kier molecular flexibility index (Phi) is 4.49. The van der Waals surface area contributed by atoms with Gasteiger partial charge in [0.25, 0.3) is 0 Å². The number of nitrogens with two attached hydrogens (primary N) is 1. The van der Waals surface area contributed by atoms with Crippen LogP contribution in [-0.4, -0.2) is 18.5 Å². The van der Waals surface area contributed by atoms with Gasteiger partial charge in [0, 0.05) is 6.54 Å². The molecular formula is C10H15N3S. The Labute approximate surface area is 88.8 Å². The van der Waals surface area contributed by atoms with Crippen LogP contribution in [0.25, 0.3) is 0 Å². The Morgan fingerprint density at radius 3 is 3.00 bits per heavy atom. The topological polar surface area (TPSA) is 50.4 Å². The first kappa shape index (κ1) is 11.1. The number of nitrogens with zero attached hydrogens (tertiary/aromatic N) is 1. The summed E-state index contributed by atoms with van der Waals surface area (Å²) in [6, 6.07) is 8.02. The molecule has 0 aromatic heterocycles. The average molecular weight is 209 g/mol. The van der Waals surface area contributed by atoms with Crippen molar-refractivity contribution in [2.45, 2.75) is 6.54 Å². The van der Waals surface area contributed by atoms with Gasteiger partial charge in [0.2, 0.25) is 0 Å². The van der Waals surface area contributed by atoms with Crippen molar-refractivity contribution >= 4 is 22.6 Å². The third kappa shape index (κ3) is 3.40. The summed E-state index contributed by atoms with van der Waals surface area (Å²) in [5, 5.41) is 3.68. The fraction of sp³-hybridized carbons (Fsp3) is 0.300. The number of amidine groups is 1. The molecule has 0 unspecified atom stereocenters. The normalized spacial score (nSPS) is 11.7. The number of thioether (sulfide) groups is 1. The van der Waals surface area contributed by atoms with E-state index in [9.17, 15) is 0 Å². The van der Waals surface area contributed by atoms with Crippen LogP contribution in [0.3, 0.4) is 0 Å². The smallest absolute Gasteiger partial charge is 0.158 e. The summed E-state index contributed by atoms with van der Waals surface area (Å²) in [4.78, 5) is 4.25. The van der Waals surface area contributed by atoms with Crippen LogP contribution < -0.4 is 11.1 Å². The van der Waals surface area contributed by atoms with Crippen LogP contribution in [-0.2, 0) is 6.54 Å². The minimum absolute atomic E-state index is 0.589. The molecule has 3 N–H and O–H groups in total. The highest BCUT2D eigenvalue weighted by atomic mass is 32.2. The maximum atomic E-state index is 5.63. The monoisotopic (exact) mass is 209 g/mol. The quantitative estimate of drug-likeness (QED) is 0.588. The van der Waals surface area contributed by atoms with Crippen molar-refractivity contribution in [3.63, 3.8) is 0 Å². The summed E-state index contributed by atoms with van der Waals surface area (Å²) in [7, 11) is 1.92. The lowest BCUT2D eigenvalue weighted by atomic mass is 10.2. The van der Waals surface area contributed by atoms with Crippen LogP contribution in [0, 0.1) is 0 Å². The second-order valence-corrected chi connectivity index (χ2v) is 3.68. The van der Waals surface area contributed by atoms with Crippen LogP contribution in [0.2, 0.25) is 0 Å². The maximum Gasteiger partial charge on any atom is 0.158 e. The molecule has 3 nitrogen and oxygen atoms in total. The van der Waals surface area contributed by atoms with Gasteiger partial charge in [0.05, 0.1) is 5.69 Å². The summed E-state index contributed by atoms with van der Waals surface area (Å²) < 4.78 is 0. The molecule has 0 aliphatic heterocycles. The number of aliphatic imine (C=N–C) groups is 1. The first-order chi connectivity index (χ1) is 6.76. The molecule has 0 saturated carbocycles. The van der Waals surface area contributed by atoms with E-state index in [2.05, 4.69) is 16.4 Å². The number of benzene rings is 1. The molecule has 4 heteroatoms. The SMILES string of the molecule is CNCc1cccc(N=C(N)SC)c1. The predicted molar refractivity (Wildman–Crippen MR) is 64.0 cm³/mol. The van der Waals surface area contributed by atoms with Crippen molar-refractivity contribution in [2.24, 2.45) is 10.7 Å². The lowest BCUT2D eigenvalue weighted by Crippen LogP contribution is -2.05. The predicted octanol–water partition coefficient (Wildman–Crippen LogP) is 1.72. The minimum atomic E-state index is 0.589. The zero-order valence-electron chi connectivity index (χ0n) is 8.45. The molecule has 0 amide bonds. The first-order valence-electron chi connectivity index (χ1n) is 4.38. The largest absolute Gasteiger partial charge is 0.378 e. The van der Waals surface area contributed by atoms with Gasteiger partial charge in [-0.15, -0.1) is 0 Å². The molecule has 0 radical (unpaired) electrons. The Bertz CT molecular complexity index is 323. The van der Waals surface area contributed by atoms with Crippen molar-refractivity contribution in [1.82, 2.24) is 5.32 Å². The number of hydrogen-bond donors (Lipinski definition) is 2. The molecule has 0 saturated heterocycles. The zero-order chi connectivity index (χ0) is 10.4. The molecular weight excluding hydrogens is 194 g/mol. The molecule has 1 aromatic rings. The van der Waals surface area contributed by atoms with Gasteiger partial charge < -0.3 is 11.1 Å². The molecule has 14 heavy (non-hydrogen) atoms. The summed E-state index contributed by atoms with van der Waals surface area (Å²) in [6.07, 6.45) is 1.91. The highest BCUT2D eigenvalue weighted by molar-refractivity contribution is 8.13. The van der Waals surface area contributed by atoms with Crippen molar-refractivity contribution in [1.29, 1.82) is 0 Å². The Morgan fingerprint density at radius 2 is 2.36 bits per heavy atom. The number of nitrogens with one attached hydrogen (secondary N) is 1. The molecule has 0 fully saturated rings. The van der Waals surface area contributed by atoms with Gasteiger partial charge in [-0.05, 0) is 31.0 Å². The van der Waals surface area contributed by atoms with Gasteiger partial charge in [-0.1, -0.05) is 23.9 Å². The molecule has 1 aromatic carbocycles. The van der Waals surface area contributed by atoms with Crippen LogP contribution in [0.1, 0.15) is 5.56 Å². The second-order valence-electron chi connectivity index (χ2n) is 2.85. The molecule has 0 aliphatic carbocycles. The van der Waals surface area contributed by atoms with E-state index in [1.54, 1.807) is 0 Å². The summed E-state index contributed by atoms with van der Waals surface area (Å²) in [5.41, 5.74) is 7.74. The standard InChI is InChI=1S/C10H15N3S/c1-12-7-8-4-3-5-9(6-8)13-10(11)14-2/h3-6,12H,7H2,1-2H3,(H2,11,13). The van der Waals surface area contributed by atoms with E-state index >= 15 is 0 Å².